The van der Waals surface area contributed by atoms with Crippen molar-refractivity contribution in [2.45, 2.75) is 25.3 Å². The summed E-state index contributed by atoms with van der Waals surface area (Å²) in [6.45, 7) is 0.244. The number of rotatable bonds is 6. The Balaban J connectivity index is 4.09. The van der Waals surface area contributed by atoms with Crippen molar-refractivity contribution in [3.8, 4) is 0 Å². The van der Waals surface area contributed by atoms with Crippen LogP contribution in [-0.2, 0) is 9.59 Å². The zero-order valence-electron chi connectivity index (χ0n) is 7.37. The monoisotopic (exact) mass is 210 g/mol. The van der Waals surface area contributed by atoms with Crippen LogP contribution in [0.3, 0.4) is 0 Å². The predicted molar refractivity (Wildman–Crippen MR) is 43.9 cm³/mol. The third-order valence-electron chi connectivity index (χ3n) is 1.51. The molecule has 0 saturated carbocycles. The SMILES string of the molecule is NCCCC(NC(=O)C(F)F)C(=O)O. The highest BCUT2D eigenvalue weighted by atomic mass is 19.3. The Morgan fingerprint density at radius 1 is 1.43 bits per heavy atom. The predicted octanol–water partition coefficient (Wildman–Crippen LogP) is -0.440. The summed E-state index contributed by atoms with van der Waals surface area (Å²) < 4.78 is 23.5. The van der Waals surface area contributed by atoms with Crippen molar-refractivity contribution >= 4 is 11.9 Å². The van der Waals surface area contributed by atoms with Gasteiger partial charge in [-0.1, -0.05) is 0 Å². The summed E-state index contributed by atoms with van der Waals surface area (Å²) in [6, 6.07) is -1.29. The lowest BCUT2D eigenvalue weighted by atomic mass is 10.1. The average molecular weight is 210 g/mol. The fraction of sp³-hybridized carbons (Fsp3) is 0.714. The smallest absolute Gasteiger partial charge is 0.326 e. The normalized spacial score (nSPS) is 12.6. The summed E-state index contributed by atoms with van der Waals surface area (Å²) in [5, 5.41) is 10.2. The third-order valence-corrected chi connectivity index (χ3v) is 1.51. The van der Waals surface area contributed by atoms with Gasteiger partial charge < -0.3 is 16.2 Å². The molecule has 5 nitrogen and oxygen atoms in total. The molecule has 4 N–H and O–H groups in total. The van der Waals surface area contributed by atoms with Gasteiger partial charge in [0.15, 0.2) is 0 Å². The van der Waals surface area contributed by atoms with E-state index in [0.29, 0.717) is 6.42 Å². The number of hydrogen-bond donors (Lipinski definition) is 3. The second-order valence-electron chi connectivity index (χ2n) is 2.63. The quantitative estimate of drug-likeness (QED) is 0.554. The summed E-state index contributed by atoms with van der Waals surface area (Å²) in [4.78, 5) is 20.9. The van der Waals surface area contributed by atoms with Crippen molar-refractivity contribution in [2.24, 2.45) is 5.73 Å². The van der Waals surface area contributed by atoms with Crippen molar-refractivity contribution in [2.75, 3.05) is 6.54 Å². The first-order valence-corrected chi connectivity index (χ1v) is 4.00. The van der Waals surface area contributed by atoms with Crippen LogP contribution in [0.2, 0.25) is 0 Å². The molecule has 0 rings (SSSR count). The zero-order chi connectivity index (χ0) is 11.1. The van der Waals surface area contributed by atoms with E-state index in [4.69, 9.17) is 10.8 Å². The van der Waals surface area contributed by atoms with Crippen molar-refractivity contribution in [3.63, 3.8) is 0 Å². The van der Waals surface area contributed by atoms with Crippen LogP contribution in [0.1, 0.15) is 12.8 Å². The Hall–Kier alpha value is -1.24. The molecule has 14 heavy (non-hydrogen) atoms. The Morgan fingerprint density at radius 3 is 2.36 bits per heavy atom. The highest BCUT2D eigenvalue weighted by Gasteiger charge is 2.23. The number of carbonyl (C=O) groups excluding carboxylic acids is 1. The number of alkyl halides is 2. The molecule has 1 unspecified atom stereocenters. The average Bonchev–Trinajstić information content (AvgIpc) is 2.10. The molecule has 0 saturated heterocycles. The van der Waals surface area contributed by atoms with Crippen LogP contribution in [0.4, 0.5) is 8.78 Å². The number of hydrogen-bond acceptors (Lipinski definition) is 3. The first-order chi connectivity index (χ1) is 6.49. The molecule has 0 aromatic carbocycles. The minimum atomic E-state index is -3.20. The van der Waals surface area contributed by atoms with E-state index in [2.05, 4.69) is 0 Å². The molecule has 0 aliphatic rings. The molecule has 0 radical (unpaired) electrons. The number of carbonyl (C=O) groups is 2. The molecule has 0 bridgehead atoms. The van der Waals surface area contributed by atoms with Gasteiger partial charge in [0.05, 0.1) is 0 Å². The lowest BCUT2D eigenvalue weighted by Gasteiger charge is -2.13. The van der Waals surface area contributed by atoms with Gasteiger partial charge in [-0.3, -0.25) is 4.79 Å². The first-order valence-electron chi connectivity index (χ1n) is 4.00. The van der Waals surface area contributed by atoms with Crippen LogP contribution in [0.5, 0.6) is 0 Å². The highest BCUT2D eigenvalue weighted by molar-refractivity contribution is 5.85. The van der Waals surface area contributed by atoms with E-state index in [9.17, 15) is 18.4 Å². The second-order valence-corrected chi connectivity index (χ2v) is 2.63. The fourth-order valence-corrected chi connectivity index (χ4v) is 0.814. The van der Waals surface area contributed by atoms with Crippen LogP contribution >= 0.6 is 0 Å². The minimum absolute atomic E-state index is 0.0459. The zero-order valence-corrected chi connectivity index (χ0v) is 7.37. The van der Waals surface area contributed by atoms with E-state index in [1.807, 2.05) is 0 Å². The van der Waals surface area contributed by atoms with Gasteiger partial charge in [0, 0.05) is 0 Å². The molecular weight excluding hydrogens is 198 g/mol. The fourth-order valence-electron chi connectivity index (χ4n) is 0.814. The molecule has 0 aliphatic carbocycles. The third kappa shape index (κ3) is 4.70. The molecule has 1 amide bonds. The maximum atomic E-state index is 11.7. The van der Waals surface area contributed by atoms with Crippen LogP contribution in [0.25, 0.3) is 0 Å². The number of nitrogens with one attached hydrogen (secondary N) is 1. The highest BCUT2D eigenvalue weighted by Crippen LogP contribution is 1.99. The molecule has 7 heteroatoms. The molecule has 0 aromatic rings. The number of nitrogens with two attached hydrogens (primary N) is 1. The van der Waals surface area contributed by atoms with E-state index in [0.717, 1.165) is 0 Å². The van der Waals surface area contributed by atoms with Gasteiger partial charge in [-0.2, -0.15) is 8.78 Å². The van der Waals surface area contributed by atoms with Gasteiger partial charge >= 0.3 is 12.4 Å². The maximum Gasteiger partial charge on any atom is 0.326 e. The number of carboxylic acids is 1. The molecule has 0 aromatic heterocycles. The maximum absolute atomic E-state index is 11.7. The Labute approximate surface area is 79.3 Å². The largest absolute Gasteiger partial charge is 0.480 e. The van der Waals surface area contributed by atoms with Gasteiger partial charge in [-0.15, -0.1) is 0 Å². The molecule has 82 valence electrons. The summed E-state index contributed by atoms with van der Waals surface area (Å²) in [5.74, 6) is -2.91. The Kier molecular flexibility index (Phi) is 5.70. The molecule has 0 heterocycles. The van der Waals surface area contributed by atoms with Crippen LogP contribution < -0.4 is 11.1 Å². The minimum Gasteiger partial charge on any atom is -0.480 e. The van der Waals surface area contributed by atoms with Crippen molar-refractivity contribution in [1.29, 1.82) is 0 Å². The van der Waals surface area contributed by atoms with E-state index in [1.165, 1.54) is 0 Å². The molecular formula is C7H12F2N2O3. The standard InChI is InChI=1S/C7H12F2N2O3/c8-5(9)6(12)11-4(7(13)14)2-1-3-10/h4-5H,1-3,10H2,(H,11,12)(H,13,14). The molecule has 1 atom stereocenters. The molecule has 0 aliphatic heterocycles. The molecule has 0 spiro atoms. The van der Waals surface area contributed by atoms with Gasteiger partial charge in [0.25, 0.3) is 5.91 Å². The number of carboxylic acid groups (broad SMARTS) is 1. The number of aliphatic carboxylic acids is 1. The first kappa shape index (κ1) is 12.8. The van der Waals surface area contributed by atoms with Gasteiger partial charge in [0.1, 0.15) is 6.04 Å². The van der Waals surface area contributed by atoms with Crippen LogP contribution in [-0.4, -0.2) is 36.0 Å². The van der Waals surface area contributed by atoms with Crippen molar-refractivity contribution in [1.82, 2.24) is 5.32 Å². The summed E-state index contributed by atoms with van der Waals surface area (Å²) in [7, 11) is 0. The summed E-state index contributed by atoms with van der Waals surface area (Å²) in [5.41, 5.74) is 5.11. The van der Waals surface area contributed by atoms with E-state index >= 15 is 0 Å². The summed E-state index contributed by atoms with van der Waals surface area (Å²) >= 11 is 0. The Bertz CT molecular complexity index is 211. The van der Waals surface area contributed by atoms with Crippen LogP contribution in [0, 0.1) is 0 Å². The van der Waals surface area contributed by atoms with E-state index in [1.54, 1.807) is 5.32 Å². The number of amides is 1. The topological polar surface area (TPSA) is 92.4 Å². The second kappa shape index (κ2) is 6.25. The lowest BCUT2D eigenvalue weighted by Crippen LogP contribution is -2.43. The van der Waals surface area contributed by atoms with Crippen molar-refractivity contribution in [3.05, 3.63) is 0 Å². The van der Waals surface area contributed by atoms with Gasteiger partial charge in [-0.05, 0) is 19.4 Å². The van der Waals surface area contributed by atoms with Crippen LogP contribution in [0.15, 0.2) is 0 Å². The lowest BCUT2D eigenvalue weighted by molar-refractivity contribution is -0.144. The van der Waals surface area contributed by atoms with Crippen molar-refractivity contribution < 1.29 is 23.5 Å². The van der Waals surface area contributed by atoms with E-state index < -0.39 is 24.3 Å². The summed E-state index contributed by atoms with van der Waals surface area (Å²) in [6.07, 6.45) is -2.81. The molecule has 0 fully saturated rings. The van der Waals surface area contributed by atoms with E-state index in [-0.39, 0.29) is 13.0 Å². The Morgan fingerprint density at radius 2 is 2.00 bits per heavy atom. The van der Waals surface area contributed by atoms with Gasteiger partial charge in [-0.25, -0.2) is 4.79 Å². The number of halogens is 2. The van der Waals surface area contributed by atoms with Gasteiger partial charge in [0.2, 0.25) is 0 Å².